The Bertz CT molecular complexity index is 1030. The SMILES string of the molecule is O=C(NCc1nccn1-c1ccccc1)c1ccc(S(=O)(=O)C(F)F)cc1. The number of rotatable bonds is 6. The highest BCUT2D eigenvalue weighted by Crippen LogP contribution is 2.18. The van der Waals surface area contributed by atoms with Crippen molar-refractivity contribution in [3.63, 3.8) is 0 Å². The lowest BCUT2D eigenvalue weighted by atomic mass is 10.2. The van der Waals surface area contributed by atoms with Gasteiger partial charge in [0.05, 0.1) is 11.4 Å². The van der Waals surface area contributed by atoms with Gasteiger partial charge in [0.15, 0.2) is 0 Å². The predicted molar refractivity (Wildman–Crippen MR) is 94.4 cm³/mol. The maximum atomic E-state index is 12.5. The summed E-state index contributed by atoms with van der Waals surface area (Å²) in [5.41, 5.74) is 1.04. The summed E-state index contributed by atoms with van der Waals surface area (Å²) in [4.78, 5) is 15.9. The molecular weight excluding hydrogens is 376 g/mol. The first-order chi connectivity index (χ1) is 12.9. The van der Waals surface area contributed by atoms with Gasteiger partial charge in [-0.1, -0.05) is 18.2 Å². The zero-order valence-electron chi connectivity index (χ0n) is 13.9. The fourth-order valence-corrected chi connectivity index (χ4v) is 3.17. The molecular formula is C18H15F2N3O3S. The molecule has 0 atom stereocenters. The number of aromatic nitrogens is 2. The number of imidazole rings is 1. The maximum Gasteiger partial charge on any atom is 0.341 e. The van der Waals surface area contributed by atoms with Crippen LogP contribution in [0.25, 0.3) is 5.69 Å². The molecule has 1 heterocycles. The van der Waals surface area contributed by atoms with Crippen molar-refractivity contribution < 1.29 is 22.0 Å². The van der Waals surface area contributed by atoms with E-state index in [-0.39, 0.29) is 12.1 Å². The average Bonchev–Trinajstić information content (AvgIpc) is 3.15. The van der Waals surface area contributed by atoms with E-state index in [0.29, 0.717) is 5.82 Å². The van der Waals surface area contributed by atoms with E-state index >= 15 is 0 Å². The highest BCUT2D eigenvalue weighted by atomic mass is 32.2. The highest BCUT2D eigenvalue weighted by molar-refractivity contribution is 7.91. The Morgan fingerprint density at radius 3 is 2.37 bits per heavy atom. The van der Waals surface area contributed by atoms with Gasteiger partial charge in [-0.3, -0.25) is 4.79 Å². The maximum absolute atomic E-state index is 12.5. The van der Waals surface area contributed by atoms with Gasteiger partial charge in [-0.05, 0) is 36.4 Å². The van der Waals surface area contributed by atoms with Crippen molar-refractivity contribution in [1.29, 1.82) is 0 Å². The number of carbonyl (C=O) groups excluding carboxylic acids is 1. The van der Waals surface area contributed by atoms with Crippen molar-refractivity contribution >= 4 is 15.7 Å². The Morgan fingerprint density at radius 2 is 1.74 bits per heavy atom. The lowest BCUT2D eigenvalue weighted by Crippen LogP contribution is -2.24. The smallest absolute Gasteiger partial charge is 0.341 e. The third-order valence-electron chi connectivity index (χ3n) is 3.84. The van der Waals surface area contributed by atoms with Gasteiger partial charge in [0, 0.05) is 23.6 Å². The second-order valence-electron chi connectivity index (χ2n) is 5.56. The number of benzene rings is 2. The summed E-state index contributed by atoms with van der Waals surface area (Å²) >= 11 is 0. The fourth-order valence-electron chi connectivity index (χ4n) is 2.45. The van der Waals surface area contributed by atoms with E-state index < -0.39 is 26.4 Å². The Kier molecular flexibility index (Phi) is 5.31. The van der Waals surface area contributed by atoms with Crippen LogP contribution in [0, 0.1) is 0 Å². The number of amides is 1. The van der Waals surface area contributed by atoms with Crippen molar-refractivity contribution in [3.05, 3.63) is 78.4 Å². The van der Waals surface area contributed by atoms with Gasteiger partial charge in [-0.25, -0.2) is 13.4 Å². The number of alkyl halides is 2. The second-order valence-corrected chi connectivity index (χ2v) is 7.48. The zero-order valence-corrected chi connectivity index (χ0v) is 14.7. The largest absolute Gasteiger partial charge is 0.345 e. The van der Waals surface area contributed by atoms with Gasteiger partial charge in [0.2, 0.25) is 9.84 Å². The molecule has 0 spiro atoms. The number of nitrogens with zero attached hydrogens (tertiary/aromatic N) is 2. The van der Waals surface area contributed by atoms with Crippen molar-refractivity contribution in [2.75, 3.05) is 0 Å². The van der Waals surface area contributed by atoms with E-state index in [1.165, 1.54) is 12.1 Å². The van der Waals surface area contributed by atoms with Crippen LogP contribution in [0.1, 0.15) is 16.2 Å². The van der Waals surface area contributed by atoms with E-state index in [1.807, 2.05) is 34.9 Å². The summed E-state index contributed by atoms with van der Waals surface area (Å²) in [6.07, 6.45) is 3.37. The molecule has 1 aromatic heterocycles. The quantitative estimate of drug-likeness (QED) is 0.701. The van der Waals surface area contributed by atoms with Gasteiger partial charge >= 0.3 is 5.76 Å². The van der Waals surface area contributed by atoms with Crippen LogP contribution in [0.15, 0.2) is 71.9 Å². The van der Waals surface area contributed by atoms with E-state index in [1.54, 1.807) is 12.4 Å². The lowest BCUT2D eigenvalue weighted by Gasteiger charge is -2.09. The topological polar surface area (TPSA) is 81.1 Å². The molecule has 0 unspecified atom stereocenters. The molecule has 0 fully saturated rings. The second kappa shape index (κ2) is 7.67. The van der Waals surface area contributed by atoms with Crippen LogP contribution in [0.4, 0.5) is 8.78 Å². The normalized spacial score (nSPS) is 11.5. The molecule has 0 saturated carbocycles. The van der Waals surface area contributed by atoms with Crippen LogP contribution in [-0.4, -0.2) is 29.6 Å². The van der Waals surface area contributed by atoms with Gasteiger partial charge < -0.3 is 9.88 Å². The van der Waals surface area contributed by atoms with Gasteiger partial charge in [-0.15, -0.1) is 0 Å². The van der Waals surface area contributed by atoms with Crippen LogP contribution < -0.4 is 5.32 Å². The summed E-state index contributed by atoms with van der Waals surface area (Å²) in [7, 11) is -4.68. The molecule has 3 aromatic rings. The molecule has 6 nitrogen and oxygen atoms in total. The summed E-state index contributed by atoms with van der Waals surface area (Å²) in [6.45, 7) is 0.137. The summed E-state index contributed by atoms with van der Waals surface area (Å²) in [5.74, 6) is -3.38. The third-order valence-corrected chi connectivity index (χ3v) is 5.24. The van der Waals surface area contributed by atoms with Crippen molar-refractivity contribution in [1.82, 2.24) is 14.9 Å². The minimum Gasteiger partial charge on any atom is -0.345 e. The van der Waals surface area contributed by atoms with E-state index in [4.69, 9.17) is 0 Å². The Balaban J connectivity index is 1.70. The van der Waals surface area contributed by atoms with Crippen molar-refractivity contribution in [2.24, 2.45) is 0 Å². The monoisotopic (exact) mass is 391 g/mol. The number of hydrogen-bond acceptors (Lipinski definition) is 4. The molecule has 0 bridgehead atoms. The van der Waals surface area contributed by atoms with Crippen LogP contribution in [-0.2, 0) is 16.4 Å². The molecule has 0 aliphatic rings. The molecule has 1 amide bonds. The van der Waals surface area contributed by atoms with E-state index in [0.717, 1.165) is 17.8 Å². The Morgan fingerprint density at radius 1 is 1.07 bits per heavy atom. The number of nitrogens with one attached hydrogen (secondary N) is 1. The fraction of sp³-hybridized carbons (Fsp3) is 0.111. The minimum atomic E-state index is -4.68. The van der Waals surface area contributed by atoms with E-state index in [2.05, 4.69) is 10.3 Å². The number of halogens is 2. The summed E-state index contributed by atoms with van der Waals surface area (Å²) < 4.78 is 49.7. The first kappa shape index (κ1) is 18.7. The van der Waals surface area contributed by atoms with Crippen LogP contribution >= 0.6 is 0 Å². The number of hydrogen-bond donors (Lipinski definition) is 1. The van der Waals surface area contributed by atoms with Crippen LogP contribution in [0.3, 0.4) is 0 Å². The Labute approximate surface area is 154 Å². The van der Waals surface area contributed by atoms with Crippen molar-refractivity contribution in [3.8, 4) is 5.69 Å². The van der Waals surface area contributed by atoms with Gasteiger partial charge in [0.25, 0.3) is 5.91 Å². The molecule has 3 rings (SSSR count). The molecule has 0 aliphatic heterocycles. The molecule has 140 valence electrons. The summed E-state index contributed by atoms with van der Waals surface area (Å²) in [6, 6.07) is 13.8. The van der Waals surface area contributed by atoms with Gasteiger partial charge in [-0.2, -0.15) is 8.78 Å². The third kappa shape index (κ3) is 4.03. The number of carbonyl (C=O) groups is 1. The molecule has 27 heavy (non-hydrogen) atoms. The highest BCUT2D eigenvalue weighted by Gasteiger charge is 2.26. The Hall–Kier alpha value is -3.07. The van der Waals surface area contributed by atoms with Crippen LogP contribution in [0.5, 0.6) is 0 Å². The summed E-state index contributed by atoms with van der Waals surface area (Å²) in [5, 5.41) is 2.67. The zero-order chi connectivity index (χ0) is 19.4. The van der Waals surface area contributed by atoms with Crippen molar-refractivity contribution in [2.45, 2.75) is 17.2 Å². The first-order valence-electron chi connectivity index (χ1n) is 7.87. The molecule has 9 heteroatoms. The standard InChI is InChI=1S/C18H15F2N3O3S/c19-18(20)27(25,26)15-8-6-13(7-9-15)17(24)22-12-16-21-10-11-23(16)14-4-2-1-3-5-14/h1-11,18H,12H2,(H,22,24). The first-order valence-corrected chi connectivity index (χ1v) is 9.42. The van der Waals surface area contributed by atoms with E-state index in [9.17, 15) is 22.0 Å². The molecule has 0 aliphatic carbocycles. The molecule has 1 N–H and O–H groups in total. The average molecular weight is 391 g/mol. The lowest BCUT2D eigenvalue weighted by molar-refractivity contribution is 0.0949. The molecule has 0 saturated heterocycles. The number of para-hydroxylation sites is 1. The minimum absolute atomic E-state index is 0.137. The molecule has 2 aromatic carbocycles. The molecule has 0 radical (unpaired) electrons. The van der Waals surface area contributed by atoms with Crippen LogP contribution in [0.2, 0.25) is 0 Å². The predicted octanol–water partition coefficient (Wildman–Crippen LogP) is 2.80. The number of sulfone groups is 1. The van der Waals surface area contributed by atoms with Gasteiger partial charge in [0.1, 0.15) is 5.82 Å².